The number of para-hydroxylation sites is 1. The highest BCUT2D eigenvalue weighted by molar-refractivity contribution is 5.76. The Balaban J connectivity index is 1.44. The predicted molar refractivity (Wildman–Crippen MR) is 107 cm³/mol. The van der Waals surface area contributed by atoms with Crippen LogP contribution in [-0.2, 0) is 17.9 Å². The van der Waals surface area contributed by atoms with Gasteiger partial charge < -0.3 is 14.5 Å². The molecule has 0 aliphatic carbocycles. The molecule has 2 heterocycles. The van der Waals surface area contributed by atoms with Crippen molar-refractivity contribution in [1.82, 2.24) is 10.2 Å². The molecule has 0 radical (unpaired) electrons. The molecule has 0 bridgehead atoms. The minimum absolute atomic E-state index is 0.0534. The summed E-state index contributed by atoms with van der Waals surface area (Å²) in [7, 11) is 0. The molecule has 6 heteroatoms. The highest BCUT2D eigenvalue weighted by atomic mass is 19.1. The van der Waals surface area contributed by atoms with Crippen molar-refractivity contribution in [3.8, 4) is 5.75 Å². The van der Waals surface area contributed by atoms with Crippen LogP contribution in [0, 0.1) is 5.82 Å². The van der Waals surface area contributed by atoms with Gasteiger partial charge in [0.1, 0.15) is 23.4 Å². The Morgan fingerprint density at radius 3 is 2.76 bits per heavy atom. The summed E-state index contributed by atoms with van der Waals surface area (Å²) in [5, 5.41) is 2.86. The first-order chi connectivity index (χ1) is 14.2. The molecule has 1 aromatic heterocycles. The lowest BCUT2D eigenvalue weighted by molar-refractivity contribution is -0.121. The van der Waals surface area contributed by atoms with E-state index in [9.17, 15) is 9.18 Å². The normalized spacial score (nSPS) is 16.5. The maximum absolute atomic E-state index is 14.4. The maximum atomic E-state index is 14.4. The van der Waals surface area contributed by atoms with Crippen molar-refractivity contribution in [3.63, 3.8) is 0 Å². The standard InChI is InChI=1S/C23H23FN2O3/c24-20-9-3-2-8-19(20)22-16-26(15-17-6-1-4-10-21(17)29-22)12-11-23(27)25-14-18-7-5-13-28-18/h1-10,13,22H,11-12,14-16H2,(H,25,27)/t22-/m1/s1. The fraction of sp³-hybridized carbons (Fsp3) is 0.261. The van der Waals surface area contributed by atoms with Gasteiger partial charge in [0.25, 0.3) is 0 Å². The summed E-state index contributed by atoms with van der Waals surface area (Å²) >= 11 is 0. The number of carbonyl (C=O) groups is 1. The average Bonchev–Trinajstić information content (AvgIpc) is 3.18. The Kier molecular flexibility index (Phi) is 5.91. The van der Waals surface area contributed by atoms with Crippen LogP contribution >= 0.6 is 0 Å². The number of amides is 1. The fourth-order valence-corrected chi connectivity index (χ4v) is 3.50. The Labute approximate surface area is 169 Å². The Morgan fingerprint density at radius 1 is 1.10 bits per heavy atom. The van der Waals surface area contributed by atoms with Crippen molar-refractivity contribution in [2.45, 2.75) is 25.6 Å². The Bertz CT molecular complexity index is 958. The molecule has 1 aliphatic rings. The number of benzene rings is 2. The third-order valence-electron chi connectivity index (χ3n) is 5.01. The minimum atomic E-state index is -0.439. The van der Waals surface area contributed by atoms with Crippen LogP contribution in [0.2, 0.25) is 0 Å². The summed E-state index contributed by atoms with van der Waals surface area (Å²) in [4.78, 5) is 14.4. The smallest absolute Gasteiger partial charge is 0.221 e. The van der Waals surface area contributed by atoms with Gasteiger partial charge in [-0.25, -0.2) is 4.39 Å². The number of nitrogens with one attached hydrogen (secondary N) is 1. The second-order valence-electron chi connectivity index (χ2n) is 7.08. The summed E-state index contributed by atoms with van der Waals surface area (Å²) in [6, 6.07) is 18.1. The van der Waals surface area contributed by atoms with Crippen LogP contribution in [-0.4, -0.2) is 23.9 Å². The zero-order valence-corrected chi connectivity index (χ0v) is 16.0. The van der Waals surface area contributed by atoms with Crippen LogP contribution in [0.4, 0.5) is 4.39 Å². The minimum Gasteiger partial charge on any atom is -0.484 e. The number of carbonyl (C=O) groups excluding carboxylic acids is 1. The monoisotopic (exact) mass is 394 g/mol. The molecule has 1 aliphatic heterocycles. The first-order valence-electron chi connectivity index (χ1n) is 9.69. The molecule has 0 spiro atoms. The predicted octanol–water partition coefficient (Wildman–Crippen LogP) is 4.06. The molecule has 5 nitrogen and oxygen atoms in total. The fourth-order valence-electron chi connectivity index (χ4n) is 3.50. The van der Waals surface area contributed by atoms with Crippen molar-refractivity contribution in [3.05, 3.63) is 89.6 Å². The number of hydrogen-bond acceptors (Lipinski definition) is 4. The third-order valence-corrected chi connectivity index (χ3v) is 5.01. The quantitative estimate of drug-likeness (QED) is 0.685. The van der Waals surface area contributed by atoms with Gasteiger partial charge >= 0.3 is 0 Å². The van der Waals surface area contributed by atoms with E-state index in [4.69, 9.17) is 9.15 Å². The van der Waals surface area contributed by atoms with E-state index in [0.29, 0.717) is 38.2 Å². The van der Waals surface area contributed by atoms with Crippen molar-refractivity contribution >= 4 is 5.91 Å². The zero-order chi connectivity index (χ0) is 20.1. The van der Waals surface area contributed by atoms with Crippen LogP contribution in [0.15, 0.2) is 71.3 Å². The molecule has 0 fully saturated rings. The molecule has 1 N–H and O–H groups in total. The molecule has 0 saturated carbocycles. The van der Waals surface area contributed by atoms with E-state index in [-0.39, 0.29) is 11.7 Å². The van der Waals surface area contributed by atoms with Crippen molar-refractivity contribution < 1.29 is 18.3 Å². The summed E-state index contributed by atoms with van der Waals surface area (Å²) in [5.41, 5.74) is 1.55. The molecule has 2 aromatic carbocycles. The van der Waals surface area contributed by atoms with Gasteiger partial charge in [-0.1, -0.05) is 36.4 Å². The topological polar surface area (TPSA) is 54.7 Å². The molecule has 4 rings (SSSR count). The number of rotatable bonds is 6. The van der Waals surface area contributed by atoms with Gasteiger partial charge in [0.2, 0.25) is 5.91 Å². The molecule has 0 unspecified atom stereocenters. The van der Waals surface area contributed by atoms with E-state index in [1.807, 2.05) is 36.4 Å². The molecule has 3 aromatic rings. The molecule has 29 heavy (non-hydrogen) atoms. The summed E-state index contributed by atoms with van der Waals surface area (Å²) in [6.45, 7) is 2.07. The lowest BCUT2D eigenvalue weighted by Crippen LogP contribution is -2.33. The molecule has 150 valence electrons. The maximum Gasteiger partial charge on any atom is 0.221 e. The van der Waals surface area contributed by atoms with Crippen molar-refractivity contribution in [2.75, 3.05) is 13.1 Å². The number of hydrogen-bond donors (Lipinski definition) is 1. The lowest BCUT2D eigenvalue weighted by atomic mass is 10.1. The van der Waals surface area contributed by atoms with Gasteiger partial charge in [-0.3, -0.25) is 9.69 Å². The summed E-state index contributed by atoms with van der Waals surface area (Å²) in [6.07, 6.45) is 1.48. The number of fused-ring (bicyclic) bond motifs is 1. The average molecular weight is 394 g/mol. The van der Waals surface area contributed by atoms with Gasteiger partial charge in [-0.2, -0.15) is 0 Å². The summed E-state index contributed by atoms with van der Waals surface area (Å²) in [5.74, 6) is 1.14. The molecular formula is C23H23FN2O3. The highest BCUT2D eigenvalue weighted by Crippen LogP contribution is 2.32. The van der Waals surface area contributed by atoms with Crippen LogP contribution in [0.1, 0.15) is 29.4 Å². The number of furan rings is 1. The van der Waals surface area contributed by atoms with E-state index in [2.05, 4.69) is 10.2 Å². The second-order valence-corrected chi connectivity index (χ2v) is 7.08. The van der Waals surface area contributed by atoms with Gasteiger partial charge in [-0.15, -0.1) is 0 Å². The highest BCUT2D eigenvalue weighted by Gasteiger charge is 2.26. The van der Waals surface area contributed by atoms with Crippen LogP contribution in [0.25, 0.3) is 0 Å². The first-order valence-corrected chi connectivity index (χ1v) is 9.69. The summed E-state index contributed by atoms with van der Waals surface area (Å²) < 4.78 is 25.8. The van der Waals surface area contributed by atoms with Gasteiger partial charge in [0, 0.05) is 37.2 Å². The Morgan fingerprint density at radius 2 is 1.93 bits per heavy atom. The molecule has 1 amide bonds. The number of ether oxygens (including phenoxy) is 1. The molecule has 0 saturated heterocycles. The third kappa shape index (κ3) is 4.84. The molecular weight excluding hydrogens is 371 g/mol. The number of halogens is 1. The van der Waals surface area contributed by atoms with E-state index in [1.54, 1.807) is 24.5 Å². The van der Waals surface area contributed by atoms with Gasteiger partial charge in [0.15, 0.2) is 0 Å². The zero-order valence-electron chi connectivity index (χ0n) is 16.0. The lowest BCUT2D eigenvalue weighted by Gasteiger charge is -2.24. The molecule has 1 atom stereocenters. The van der Waals surface area contributed by atoms with Crippen LogP contribution in [0.5, 0.6) is 5.75 Å². The second kappa shape index (κ2) is 8.92. The van der Waals surface area contributed by atoms with E-state index >= 15 is 0 Å². The van der Waals surface area contributed by atoms with Crippen molar-refractivity contribution in [1.29, 1.82) is 0 Å². The Hall–Kier alpha value is -3.12. The van der Waals surface area contributed by atoms with E-state index in [0.717, 1.165) is 17.1 Å². The van der Waals surface area contributed by atoms with Crippen molar-refractivity contribution in [2.24, 2.45) is 0 Å². The van der Waals surface area contributed by atoms with Gasteiger partial charge in [0.05, 0.1) is 12.8 Å². The van der Waals surface area contributed by atoms with Gasteiger partial charge in [-0.05, 0) is 24.3 Å². The number of nitrogens with zero attached hydrogens (tertiary/aromatic N) is 1. The first kappa shape index (κ1) is 19.2. The SMILES string of the molecule is O=C(CCN1Cc2ccccc2O[C@@H](c2ccccc2F)C1)NCc1ccco1. The van der Waals surface area contributed by atoms with E-state index in [1.165, 1.54) is 6.07 Å². The largest absolute Gasteiger partial charge is 0.484 e. The van der Waals surface area contributed by atoms with E-state index < -0.39 is 6.10 Å². The van der Waals surface area contributed by atoms with Crippen LogP contribution < -0.4 is 10.1 Å². The van der Waals surface area contributed by atoms with Crippen LogP contribution in [0.3, 0.4) is 0 Å².